The lowest BCUT2D eigenvalue weighted by molar-refractivity contribution is 0.0730. The maximum Gasteiger partial charge on any atom is 0.243 e. The Bertz CT molecular complexity index is 1360. The highest BCUT2D eigenvalue weighted by Crippen LogP contribution is 2.28. The Hall–Kier alpha value is -3.08. The van der Waals surface area contributed by atoms with Gasteiger partial charge in [-0.15, -0.1) is 5.10 Å². The minimum Gasteiger partial charge on any atom is -0.379 e. The number of aromatic nitrogens is 5. The number of hydrogen-bond acceptors (Lipinski definition) is 6. The van der Waals surface area contributed by atoms with Gasteiger partial charge in [-0.25, -0.2) is 13.4 Å². The molecule has 0 radical (unpaired) electrons. The number of ether oxygens (including phenoxy) is 1. The molecule has 2 aromatic heterocycles. The molecule has 0 spiro atoms. The summed E-state index contributed by atoms with van der Waals surface area (Å²) >= 11 is 0. The first-order valence-electron chi connectivity index (χ1n) is 11.1. The fourth-order valence-electron chi connectivity index (χ4n) is 4.00. The second-order valence-corrected chi connectivity index (χ2v) is 9.90. The highest BCUT2D eigenvalue weighted by Gasteiger charge is 2.27. The van der Waals surface area contributed by atoms with E-state index in [2.05, 4.69) is 21.7 Å². The predicted molar refractivity (Wildman–Crippen MR) is 125 cm³/mol. The van der Waals surface area contributed by atoms with Crippen LogP contribution in [0.3, 0.4) is 0 Å². The summed E-state index contributed by atoms with van der Waals surface area (Å²) in [6, 6.07) is 14.9. The summed E-state index contributed by atoms with van der Waals surface area (Å²) in [5, 5.41) is 9.05. The zero-order valence-electron chi connectivity index (χ0n) is 18.5. The summed E-state index contributed by atoms with van der Waals surface area (Å²) in [5.74, 6) is 0.682. The number of unbranched alkanes of at least 4 members (excludes halogenated alkanes) is 1. The molecule has 0 N–H and O–H groups in total. The smallest absolute Gasteiger partial charge is 0.243 e. The van der Waals surface area contributed by atoms with Crippen molar-refractivity contribution < 1.29 is 13.2 Å². The van der Waals surface area contributed by atoms with Gasteiger partial charge in [-0.3, -0.25) is 0 Å². The molecule has 0 saturated carbocycles. The first-order chi connectivity index (χ1) is 16.1. The Kier molecular flexibility index (Phi) is 5.96. The molecule has 0 bridgehead atoms. The lowest BCUT2D eigenvalue weighted by Crippen LogP contribution is -2.40. The van der Waals surface area contributed by atoms with Crippen molar-refractivity contribution in [3.8, 4) is 17.2 Å². The Morgan fingerprint density at radius 3 is 2.61 bits per heavy atom. The number of morpholine rings is 1. The van der Waals surface area contributed by atoms with Crippen LogP contribution in [0, 0.1) is 0 Å². The number of hydrogen-bond donors (Lipinski definition) is 0. The fourth-order valence-corrected chi connectivity index (χ4v) is 5.42. The lowest BCUT2D eigenvalue weighted by Gasteiger charge is -2.26. The van der Waals surface area contributed by atoms with E-state index in [1.807, 2.05) is 36.4 Å². The first kappa shape index (κ1) is 21.7. The molecule has 3 heterocycles. The summed E-state index contributed by atoms with van der Waals surface area (Å²) in [4.78, 5) is 6.62. The van der Waals surface area contributed by atoms with Crippen molar-refractivity contribution in [3.05, 3.63) is 54.7 Å². The SMILES string of the molecule is CCCCn1c(-c2cnn(-c3ccccc3)n2)nc2cc(S(=O)(=O)N3CCOCC3)ccc21. The Morgan fingerprint density at radius 2 is 1.85 bits per heavy atom. The van der Waals surface area contributed by atoms with E-state index >= 15 is 0 Å². The number of para-hydroxylation sites is 1. The molecular weight excluding hydrogens is 440 g/mol. The Balaban J connectivity index is 1.56. The number of benzene rings is 2. The van der Waals surface area contributed by atoms with Crippen LogP contribution >= 0.6 is 0 Å². The number of imidazole rings is 1. The van der Waals surface area contributed by atoms with E-state index in [1.165, 1.54) is 4.31 Å². The van der Waals surface area contributed by atoms with Gasteiger partial charge in [-0.1, -0.05) is 31.5 Å². The normalized spacial score (nSPS) is 15.3. The van der Waals surface area contributed by atoms with Crippen LogP contribution in [0.15, 0.2) is 59.6 Å². The minimum atomic E-state index is -3.60. The van der Waals surface area contributed by atoms with E-state index in [0.717, 1.165) is 30.6 Å². The largest absolute Gasteiger partial charge is 0.379 e. The van der Waals surface area contributed by atoms with Crippen LogP contribution < -0.4 is 0 Å². The Labute approximate surface area is 192 Å². The van der Waals surface area contributed by atoms with Gasteiger partial charge in [-0.05, 0) is 36.8 Å². The standard InChI is InChI=1S/C23H26N6O3S/c1-2-3-11-28-22-10-9-19(33(30,31)27-12-14-32-15-13-27)16-20(22)25-23(28)21-17-24-29(26-21)18-7-5-4-6-8-18/h4-10,16-17H,2-3,11-15H2,1H3. The van der Waals surface area contributed by atoms with Gasteiger partial charge < -0.3 is 9.30 Å². The van der Waals surface area contributed by atoms with Gasteiger partial charge in [0.05, 0.1) is 41.0 Å². The van der Waals surface area contributed by atoms with Crippen molar-refractivity contribution in [2.75, 3.05) is 26.3 Å². The topological polar surface area (TPSA) is 95.1 Å². The number of nitrogens with zero attached hydrogens (tertiary/aromatic N) is 6. The van der Waals surface area contributed by atoms with Crippen LogP contribution in [0.25, 0.3) is 28.2 Å². The van der Waals surface area contributed by atoms with Gasteiger partial charge in [0.1, 0.15) is 5.69 Å². The van der Waals surface area contributed by atoms with Gasteiger partial charge in [-0.2, -0.15) is 14.2 Å². The quantitative estimate of drug-likeness (QED) is 0.415. The van der Waals surface area contributed by atoms with Crippen LogP contribution in [0.4, 0.5) is 0 Å². The summed E-state index contributed by atoms with van der Waals surface area (Å²) < 4.78 is 35.1. The molecule has 1 aliphatic heterocycles. The van der Waals surface area contributed by atoms with Gasteiger partial charge in [0.15, 0.2) is 5.82 Å². The number of sulfonamides is 1. The molecule has 2 aromatic carbocycles. The summed E-state index contributed by atoms with van der Waals surface area (Å²) in [6.07, 6.45) is 3.69. The summed E-state index contributed by atoms with van der Waals surface area (Å²) in [6.45, 7) is 4.44. The number of aryl methyl sites for hydroxylation is 1. The molecule has 0 atom stereocenters. The lowest BCUT2D eigenvalue weighted by atomic mass is 10.3. The van der Waals surface area contributed by atoms with Crippen molar-refractivity contribution >= 4 is 21.1 Å². The second-order valence-electron chi connectivity index (χ2n) is 7.96. The first-order valence-corrected chi connectivity index (χ1v) is 12.6. The van der Waals surface area contributed by atoms with E-state index in [9.17, 15) is 8.42 Å². The second kappa shape index (κ2) is 9.05. The van der Waals surface area contributed by atoms with Crippen molar-refractivity contribution in [2.45, 2.75) is 31.2 Å². The van der Waals surface area contributed by atoms with Gasteiger partial charge in [0, 0.05) is 19.6 Å². The van der Waals surface area contributed by atoms with E-state index in [-0.39, 0.29) is 4.90 Å². The molecule has 172 valence electrons. The van der Waals surface area contributed by atoms with Crippen LogP contribution in [-0.2, 0) is 21.3 Å². The number of fused-ring (bicyclic) bond motifs is 1. The molecule has 0 aliphatic carbocycles. The van der Waals surface area contributed by atoms with E-state index in [1.54, 1.807) is 23.1 Å². The van der Waals surface area contributed by atoms with Crippen LogP contribution in [0.5, 0.6) is 0 Å². The van der Waals surface area contributed by atoms with Crippen molar-refractivity contribution in [2.24, 2.45) is 0 Å². The van der Waals surface area contributed by atoms with Gasteiger partial charge >= 0.3 is 0 Å². The molecule has 33 heavy (non-hydrogen) atoms. The molecular formula is C23H26N6O3S. The third-order valence-corrected chi connectivity index (χ3v) is 7.67. The zero-order valence-corrected chi connectivity index (χ0v) is 19.3. The average molecular weight is 467 g/mol. The Morgan fingerprint density at radius 1 is 1.06 bits per heavy atom. The third-order valence-electron chi connectivity index (χ3n) is 5.77. The average Bonchev–Trinajstić information content (AvgIpc) is 3.48. The molecule has 1 fully saturated rings. The molecule has 1 aliphatic rings. The van der Waals surface area contributed by atoms with E-state index in [0.29, 0.717) is 43.3 Å². The zero-order chi connectivity index (χ0) is 22.8. The predicted octanol–water partition coefficient (Wildman–Crippen LogP) is 3.11. The highest BCUT2D eigenvalue weighted by atomic mass is 32.2. The molecule has 4 aromatic rings. The number of rotatable bonds is 7. The van der Waals surface area contributed by atoms with Crippen LogP contribution in [0.2, 0.25) is 0 Å². The molecule has 0 amide bonds. The molecule has 9 nitrogen and oxygen atoms in total. The van der Waals surface area contributed by atoms with Gasteiger partial charge in [0.25, 0.3) is 0 Å². The van der Waals surface area contributed by atoms with Gasteiger partial charge in [0.2, 0.25) is 10.0 Å². The van der Waals surface area contributed by atoms with Crippen molar-refractivity contribution in [3.63, 3.8) is 0 Å². The minimum absolute atomic E-state index is 0.247. The van der Waals surface area contributed by atoms with Crippen molar-refractivity contribution in [1.29, 1.82) is 0 Å². The van der Waals surface area contributed by atoms with Crippen LogP contribution in [0.1, 0.15) is 19.8 Å². The maximum atomic E-state index is 13.1. The van der Waals surface area contributed by atoms with E-state index < -0.39 is 10.0 Å². The monoisotopic (exact) mass is 466 g/mol. The molecule has 1 saturated heterocycles. The molecule has 10 heteroatoms. The summed E-state index contributed by atoms with van der Waals surface area (Å²) in [5.41, 5.74) is 3.01. The highest BCUT2D eigenvalue weighted by molar-refractivity contribution is 7.89. The molecule has 0 unspecified atom stereocenters. The maximum absolute atomic E-state index is 13.1. The summed E-state index contributed by atoms with van der Waals surface area (Å²) in [7, 11) is -3.60. The van der Waals surface area contributed by atoms with Crippen LogP contribution in [-0.4, -0.2) is 63.6 Å². The van der Waals surface area contributed by atoms with Crippen molar-refractivity contribution in [1.82, 2.24) is 28.9 Å². The fraction of sp³-hybridized carbons (Fsp3) is 0.348. The third kappa shape index (κ3) is 4.17. The molecule has 5 rings (SSSR count). The van der Waals surface area contributed by atoms with E-state index in [4.69, 9.17) is 9.72 Å².